The van der Waals surface area contributed by atoms with Crippen molar-refractivity contribution in [1.82, 2.24) is 20.1 Å². The van der Waals surface area contributed by atoms with E-state index in [-0.39, 0.29) is 5.91 Å². The van der Waals surface area contributed by atoms with Gasteiger partial charge in [0, 0.05) is 36.4 Å². The van der Waals surface area contributed by atoms with Crippen LogP contribution in [0, 0.1) is 12.8 Å². The highest BCUT2D eigenvalue weighted by atomic mass is 32.1. The summed E-state index contributed by atoms with van der Waals surface area (Å²) in [6.07, 6.45) is 3.68. The maximum atomic E-state index is 12.3. The Morgan fingerprint density at radius 2 is 2.12 bits per heavy atom. The summed E-state index contributed by atoms with van der Waals surface area (Å²) >= 11 is 1.49. The number of rotatable bonds is 6. The second kappa shape index (κ2) is 7.40. The Morgan fingerprint density at radius 1 is 1.33 bits per heavy atom. The molecule has 24 heavy (non-hydrogen) atoms. The van der Waals surface area contributed by atoms with E-state index < -0.39 is 0 Å². The lowest BCUT2D eigenvalue weighted by atomic mass is 10.2. The fraction of sp³-hybridized carbons (Fsp3) is 0.278. The highest BCUT2D eigenvalue weighted by Crippen LogP contribution is 2.23. The second-order valence-corrected chi connectivity index (χ2v) is 6.81. The number of benzene rings is 1. The van der Waals surface area contributed by atoms with Gasteiger partial charge in [-0.25, -0.2) is 4.98 Å². The van der Waals surface area contributed by atoms with E-state index in [9.17, 15) is 4.79 Å². The molecule has 1 N–H and O–H groups in total. The maximum absolute atomic E-state index is 12.3. The smallest absolute Gasteiger partial charge is 0.270 e. The van der Waals surface area contributed by atoms with Gasteiger partial charge in [0.05, 0.1) is 0 Å². The minimum Gasteiger partial charge on any atom is -0.350 e. The second-order valence-electron chi connectivity index (χ2n) is 5.95. The molecule has 124 valence electrons. The van der Waals surface area contributed by atoms with E-state index in [1.165, 1.54) is 16.9 Å². The Bertz CT molecular complexity index is 793. The van der Waals surface area contributed by atoms with Crippen LogP contribution in [-0.2, 0) is 6.54 Å². The van der Waals surface area contributed by atoms with Crippen molar-refractivity contribution >= 4 is 17.2 Å². The molecule has 1 atom stereocenters. The SMILES string of the molecule is Cc1ccc(-c2nc(C(=O)NC[C@H](C)Cn3cccn3)cs2)cc1. The third-order valence-electron chi connectivity index (χ3n) is 3.70. The molecule has 0 saturated heterocycles. The monoisotopic (exact) mass is 340 g/mol. The molecule has 5 nitrogen and oxygen atoms in total. The first-order chi connectivity index (χ1) is 11.6. The Labute approximate surface area is 145 Å². The summed E-state index contributed by atoms with van der Waals surface area (Å²) in [4.78, 5) is 16.7. The molecule has 2 heterocycles. The highest BCUT2D eigenvalue weighted by molar-refractivity contribution is 7.13. The number of aromatic nitrogens is 3. The van der Waals surface area contributed by atoms with Gasteiger partial charge >= 0.3 is 0 Å². The Hall–Kier alpha value is -2.47. The van der Waals surface area contributed by atoms with Gasteiger partial charge in [0.25, 0.3) is 5.91 Å². The molecule has 1 aromatic carbocycles. The van der Waals surface area contributed by atoms with Gasteiger partial charge in [-0.1, -0.05) is 36.8 Å². The van der Waals surface area contributed by atoms with Crippen molar-refractivity contribution in [3.05, 3.63) is 59.4 Å². The van der Waals surface area contributed by atoms with E-state index in [1.807, 2.05) is 46.6 Å². The Morgan fingerprint density at radius 3 is 2.83 bits per heavy atom. The van der Waals surface area contributed by atoms with Gasteiger partial charge in [0.1, 0.15) is 10.7 Å². The molecule has 0 unspecified atom stereocenters. The zero-order valence-corrected chi connectivity index (χ0v) is 14.6. The number of carbonyl (C=O) groups excluding carboxylic acids is 1. The fourth-order valence-electron chi connectivity index (χ4n) is 2.36. The standard InChI is InChI=1S/C18H20N4OS/c1-13-4-6-15(7-5-13)18-21-16(12-24-18)17(23)19-10-14(2)11-22-9-3-8-20-22/h3-9,12,14H,10-11H2,1-2H3,(H,19,23)/t14-/m0/s1. The summed E-state index contributed by atoms with van der Waals surface area (Å²) in [5, 5.41) is 9.80. The van der Waals surface area contributed by atoms with E-state index in [0.717, 1.165) is 17.1 Å². The van der Waals surface area contributed by atoms with E-state index in [2.05, 4.69) is 29.2 Å². The van der Waals surface area contributed by atoms with Crippen molar-refractivity contribution in [1.29, 1.82) is 0 Å². The molecule has 0 radical (unpaired) electrons. The normalized spacial score (nSPS) is 12.1. The Balaban J connectivity index is 1.56. The number of aryl methyl sites for hydroxylation is 1. The number of hydrogen-bond acceptors (Lipinski definition) is 4. The number of nitrogens with zero attached hydrogens (tertiary/aromatic N) is 3. The molecule has 0 spiro atoms. The largest absolute Gasteiger partial charge is 0.350 e. The predicted octanol–water partition coefficient (Wildman–Crippen LogP) is 3.38. The van der Waals surface area contributed by atoms with Gasteiger partial charge in [-0.05, 0) is 18.9 Å². The molecule has 2 aromatic heterocycles. The Kier molecular flexibility index (Phi) is 5.05. The van der Waals surface area contributed by atoms with E-state index in [4.69, 9.17) is 0 Å². The van der Waals surface area contributed by atoms with Crippen LogP contribution in [0.3, 0.4) is 0 Å². The quantitative estimate of drug-likeness (QED) is 0.748. The topological polar surface area (TPSA) is 59.8 Å². The number of amides is 1. The van der Waals surface area contributed by atoms with Crippen LogP contribution < -0.4 is 5.32 Å². The van der Waals surface area contributed by atoms with Gasteiger partial charge in [0.2, 0.25) is 0 Å². The first-order valence-electron chi connectivity index (χ1n) is 7.90. The number of carbonyl (C=O) groups is 1. The molecule has 3 rings (SSSR count). The molecule has 0 aliphatic carbocycles. The van der Waals surface area contributed by atoms with Crippen LogP contribution in [0.2, 0.25) is 0 Å². The highest BCUT2D eigenvalue weighted by Gasteiger charge is 2.13. The maximum Gasteiger partial charge on any atom is 0.270 e. The molecule has 0 saturated carbocycles. The predicted molar refractivity (Wildman–Crippen MR) is 96.0 cm³/mol. The molecular weight excluding hydrogens is 320 g/mol. The van der Waals surface area contributed by atoms with Crippen molar-refractivity contribution in [2.24, 2.45) is 5.92 Å². The van der Waals surface area contributed by atoms with Gasteiger partial charge < -0.3 is 5.32 Å². The summed E-state index contributed by atoms with van der Waals surface area (Å²) in [5.74, 6) is 0.168. The summed E-state index contributed by atoms with van der Waals surface area (Å²) in [6.45, 7) is 5.50. The lowest BCUT2D eigenvalue weighted by Crippen LogP contribution is -2.30. The zero-order valence-electron chi connectivity index (χ0n) is 13.8. The third kappa shape index (κ3) is 4.08. The third-order valence-corrected chi connectivity index (χ3v) is 4.60. The van der Waals surface area contributed by atoms with Crippen LogP contribution in [0.5, 0.6) is 0 Å². The lowest BCUT2D eigenvalue weighted by Gasteiger charge is -2.12. The fourth-order valence-corrected chi connectivity index (χ4v) is 3.16. The first kappa shape index (κ1) is 16.4. The van der Waals surface area contributed by atoms with Crippen LogP contribution in [0.25, 0.3) is 10.6 Å². The number of hydrogen-bond donors (Lipinski definition) is 1. The van der Waals surface area contributed by atoms with Crippen molar-refractivity contribution in [2.45, 2.75) is 20.4 Å². The van der Waals surface area contributed by atoms with Gasteiger partial charge in [0.15, 0.2) is 0 Å². The number of nitrogens with one attached hydrogen (secondary N) is 1. The molecule has 1 amide bonds. The van der Waals surface area contributed by atoms with E-state index >= 15 is 0 Å². The van der Waals surface area contributed by atoms with Gasteiger partial charge in [-0.3, -0.25) is 9.48 Å². The molecule has 0 aliphatic heterocycles. The average Bonchev–Trinajstić information content (AvgIpc) is 3.25. The van der Waals surface area contributed by atoms with E-state index in [1.54, 1.807) is 6.20 Å². The minimum atomic E-state index is -0.128. The molecule has 0 aliphatic rings. The molecule has 0 bridgehead atoms. The number of thiazole rings is 1. The molecule has 3 aromatic rings. The summed E-state index contributed by atoms with van der Waals surface area (Å²) in [5.41, 5.74) is 2.72. The average molecular weight is 340 g/mol. The van der Waals surface area contributed by atoms with Crippen LogP contribution >= 0.6 is 11.3 Å². The van der Waals surface area contributed by atoms with Crippen molar-refractivity contribution in [2.75, 3.05) is 6.54 Å². The van der Waals surface area contributed by atoms with E-state index in [0.29, 0.717) is 18.2 Å². The summed E-state index contributed by atoms with van der Waals surface area (Å²) < 4.78 is 1.87. The van der Waals surface area contributed by atoms with Gasteiger partial charge in [-0.2, -0.15) is 5.10 Å². The molecule has 0 fully saturated rings. The van der Waals surface area contributed by atoms with Crippen LogP contribution in [-0.4, -0.2) is 27.2 Å². The van der Waals surface area contributed by atoms with Crippen LogP contribution in [0.1, 0.15) is 23.0 Å². The van der Waals surface area contributed by atoms with Gasteiger partial charge in [-0.15, -0.1) is 11.3 Å². The lowest BCUT2D eigenvalue weighted by molar-refractivity contribution is 0.0942. The van der Waals surface area contributed by atoms with Crippen molar-refractivity contribution < 1.29 is 4.79 Å². The zero-order chi connectivity index (χ0) is 16.9. The molecule has 6 heteroatoms. The summed E-state index contributed by atoms with van der Waals surface area (Å²) in [6, 6.07) is 10.1. The van der Waals surface area contributed by atoms with Crippen LogP contribution in [0.15, 0.2) is 48.1 Å². The van der Waals surface area contributed by atoms with Crippen molar-refractivity contribution in [3.63, 3.8) is 0 Å². The van der Waals surface area contributed by atoms with Crippen molar-refractivity contribution in [3.8, 4) is 10.6 Å². The first-order valence-corrected chi connectivity index (χ1v) is 8.78. The molecular formula is C18H20N4OS. The summed E-state index contributed by atoms with van der Waals surface area (Å²) in [7, 11) is 0. The minimum absolute atomic E-state index is 0.128. The van der Waals surface area contributed by atoms with Crippen LogP contribution in [0.4, 0.5) is 0 Å².